The number of carbonyl (C=O) groups is 1. The van der Waals surface area contributed by atoms with Gasteiger partial charge < -0.3 is 28.8 Å². The second-order valence-corrected chi connectivity index (χ2v) is 25.2. The molecule has 0 saturated carbocycles. The molecule has 76 heavy (non-hydrogen) atoms. The number of unbranched alkanes of at least 4 members (excludes halogenated alkanes) is 42. The van der Waals surface area contributed by atoms with Crippen LogP contribution in [0.1, 0.15) is 322 Å². The first-order valence-electron chi connectivity index (χ1n) is 33.0. The number of aliphatic hydroxyl groups excluding tert-OH is 1. The Morgan fingerprint density at radius 3 is 1.14 bits per heavy atom. The lowest BCUT2D eigenvalue weighted by atomic mass is 10.0. The van der Waals surface area contributed by atoms with Crippen LogP contribution >= 0.6 is 7.82 Å². The van der Waals surface area contributed by atoms with Gasteiger partial charge >= 0.3 is 0 Å². The standard InChI is InChI=1S/C67H129N2O6P/c1-6-8-10-12-14-16-18-20-22-24-26-28-30-31-32-33-34-35-36-37-39-41-43-45-47-49-51-53-55-57-59-61-67(71)68-65(64-75-76(72,73)74-63-62-69(3,4)5)66(70)60-58-56-54-52-50-48-46-44-42-40-38-29-27-25-23-21-19-17-15-13-11-9-7-2/h26,28,31-32,50,52,58,60,65-66,70H,6-25,27,29-30,33-49,51,53-57,59,61-64H2,1-5H3,(H-,68,71,72,73)/b28-26-,32-31-,52-50+,60-58+. The minimum absolute atomic E-state index is 0.00606. The first-order valence-corrected chi connectivity index (χ1v) is 34.5. The maximum absolute atomic E-state index is 13.0. The topological polar surface area (TPSA) is 108 Å². The maximum Gasteiger partial charge on any atom is 0.268 e. The zero-order valence-corrected chi connectivity index (χ0v) is 52.1. The number of aliphatic hydroxyl groups is 1. The van der Waals surface area contributed by atoms with Gasteiger partial charge in [0.2, 0.25) is 5.91 Å². The summed E-state index contributed by atoms with van der Waals surface area (Å²) in [5.41, 5.74) is 0. The van der Waals surface area contributed by atoms with Gasteiger partial charge in [-0.1, -0.05) is 300 Å². The van der Waals surface area contributed by atoms with Gasteiger partial charge in [0.25, 0.3) is 7.82 Å². The molecule has 0 aliphatic heterocycles. The van der Waals surface area contributed by atoms with E-state index in [1.807, 2.05) is 27.2 Å². The number of quaternary nitrogens is 1. The second kappa shape index (κ2) is 58.1. The molecule has 3 unspecified atom stereocenters. The molecule has 0 aromatic carbocycles. The number of nitrogens with one attached hydrogen (secondary N) is 1. The molecule has 3 atom stereocenters. The van der Waals surface area contributed by atoms with Gasteiger partial charge in [-0.05, 0) is 64.2 Å². The molecule has 0 aliphatic rings. The zero-order chi connectivity index (χ0) is 55.6. The third kappa shape index (κ3) is 60.1. The van der Waals surface area contributed by atoms with Crippen LogP contribution in [-0.2, 0) is 18.4 Å². The van der Waals surface area contributed by atoms with Gasteiger partial charge in [-0.15, -0.1) is 0 Å². The SMILES string of the molecule is CCCCCCCCCCC/C=C\C/C=C\CCCCCCCCCCCCCCCCCC(=O)NC(COP(=O)([O-])OCC[N+](C)(C)C)C(O)/C=C/CC/C=C/CCCCCCCCCCCCCCCCCCC. The normalized spacial score (nSPS) is 14.0. The van der Waals surface area contributed by atoms with Gasteiger partial charge in [0.05, 0.1) is 39.9 Å². The summed E-state index contributed by atoms with van der Waals surface area (Å²) in [5, 5.41) is 13.9. The van der Waals surface area contributed by atoms with Gasteiger partial charge in [0, 0.05) is 6.42 Å². The van der Waals surface area contributed by atoms with Crippen molar-refractivity contribution < 1.29 is 32.9 Å². The van der Waals surface area contributed by atoms with Crippen molar-refractivity contribution in [3.8, 4) is 0 Å². The van der Waals surface area contributed by atoms with Crippen LogP contribution in [0.25, 0.3) is 0 Å². The molecule has 0 heterocycles. The molecule has 9 heteroatoms. The highest BCUT2D eigenvalue weighted by Crippen LogP contribution is 2.38. The van der Waals surface area contributed by atoms with Gasteiger partial charge in [0.15, 0.2) is 0 Å². The number of hydrogen-bond acceptors (Lipinski definition) is 6. The number of amides is 1. The summed E-state index contributed by atoms with van der Waals surface area (Å²) in [5.74, 6) is -0.203. The molecule has 0 rings (SSSR count). The largest absolute Gasteiger partial charge is 0.756 e. The number of hydrogen-bond donors (Lipinski definition) is 2. The molecular formula is C67H129N2O6P. The summed E-state index contributed by atoms with van der Waals surface area (Å²) in [6.45, 7) is 4.67. The van der Waals surface area contributed by atoms with Crippen molar-refractivity contribution in [2.45, 2.75) is 334 Å². The molecule has 0 bridgehead atoms. The van der Waals surface area contributed by atoms with Gasteiger partial charge in [-0.25, -0.2) is 0 Å². The zero-order valence-electron chi connectivity index (χ0n) is 51.2. The highest BCUT2D eigenvalue weighted by molar-refractivity contribution is 7.45. The van der Waals surface area contributed by atoms with Gasteiger partial charge in [-0.2, -0.15) is 0 Å². The van der Waals surface area contributed by atoms with Crippen LogP contribution in [0.2, 0.25) is 0 Å². The van der Waals surface area contributed by atoms with E-state index in [2.05, 4.69) is 55.6 Å². The lowest BCUT2D eigenvalue weighted by Gasteiger charge is -2.29. The molecule has 1 amide bonds. The lowest BCUT2D eigenvalue weighted by molar-refractivity contribution is -0.870. The van der Waals surface area contributed by atoms with Crippen LogP contribution in [0.3, 0.4) is 0 Å². The average Bonchev–Trinajstić information content (AvgIpc) is 3.38. The molecule has 0 saturated heterocycles. The van der Waals surface area contributed by atoms with E-state index in [4.69, 9.17) is 9.05 Å². The first kappa shape index (κ1) is 74.5. The summed E-state index contributed by atoms with van der Waals surface area (Å²) in [6.07, 6.45) is 77.9. The van der Waals surface area contributed by atoms with Crippen molar-refractivity contribution in [2.24, 2.45) is 0 Å². The van der Waals surface area contributed by atoms with Crippen molar-refractivity contribution >= 4 is 13.7 Å². The summed E-state index contributed by atoms with van der Waals surface area (Å²) >= 11 is 0. The number of rotatable bonds is 61. The molecular weight excluding hydrogens is 960 g/mol. The van der Waals surface area contributed by atoms with Crippen LogP contribution < -0.4 is 10.2 Å². The summed E-state index contributed by atoms with van der Waals surface area (Å²) < 4.78 is 23.4. The van der Waals surface area contributed by atoms with Gasteiger partial charge in [-0.3, -0.25) is 9.36 Å². The van der Waals surface area contributed by atoms with E-state index in [-0.39, 0.29) is 12.5 Å². The quantitative estimate of drug-likeness (QED) is 0.0272. The Morgan fingerprint density at radius 1 is 0.461 bits per heavy atom. The highest BCUT2D eigenvalue weighted by Gasteiger charge is 2.23. The fraction of sp³-hybridized carbons (Fsp3) is 0.866. The maximum atomic E-state index is 13.0. The van der Waals surface area contributed by atoms with Crippen LogP contribution in [0.5, 0.6) is 0 Å². The van der Waals surface area contributed by atoms with E-state index in [9.17, 15) is 19.4 Å². The number of likely N-dealkylation sites (N-methyl/N-ethyl adjacent to an activating group) is 1. The Balaban J connectivity index is 4.12. The molecule has 0 radical (unpaired) electrons. The lowest BCUT2D eigenvalue weighted by Crippen LogP contribution is -2.45. The van der Waals surface area contributed by atoms with E-state index in [1.54, 1.807) is 6.08 Å². The number of phosphoric acid groups is 1. The van der Waals surface area contributed by atoms with Crippen molar-refractivity contribution in [1.29, 1.82) is 0 Å². The highest BCUT2D eigenvalue weighted by atomic mass is 31.2. The number of nitrogens with zero attached hydrogens (tertiary/aromatic N) is 1. The summed E-state index contributed by atoms with van der Waals surface area (Å²) in [6, 6.07) is -0.905. The van der Waals surface area contributed by atoms with Gasteiger partial charge in [0.1, 0.15) is 13.2 Å². The fourth-order valence-electron chi connectivity index (χ4n) is 9.85. The molecule has 448 valence electrons. The van der Waals surface area contributed by atoms with Crippen LogP contribution in [0.4, 0.5) is 0 Å². The van der Waals surface area contributed by atoms with Crippen LogP contribution in [0.15, 0.2) is 48.6 Å². The molecule has 0 fully saturated rings. The van der Waals surface area contributed by atoms with Crippen LogP contribution in [0, 0.1) is 0 Å². The summed E-state index contributed by atoms with van der Waals surface area (Å²) in [7, 11) is 1.25. The number of phosphoric ester groups is 1. The Labute approximate surface area is 473 Å². The molecule has 2 N–H and O–H groups in total. The average molecular weight is 1090 g/mol. The second-order valence-electron chi connectivity index (χ2n) is 23.8. The van der Waals surface area contributed by atoms with E-state index < -0.39 is 26.6 Å². The van der Waals surface area contributed by atoms with Crippen LogP contribution in [-0.4, -0.2) is 68.5 Å². The van der Waals surface area contributed by atoms with Crippen molar-refractivity contribution in [2.75, 3.05) is 40.9 Å². The number of allylic oxidation sites excluding steroid dienone is 7. The van der Waals surface area contributed by atoms with Crippen molar-refractivity contribution in [3.05, 3.63) is 48.6 Å². The van der Waals surface area contributed by atoms with E-state index in [0.717, 1.165) is 44.9 Å². The Morgan fingerprint density at radius 2 is 0.776 bits per heavy atom. The van der Waals surface area contributed by atoms with E-state index >= 15 is 0 Å². The predicted molar refractivity (Wildman–Crippen MR) is 330 cm³/mol. The number of carbonyl (C=O) groups excluding carboxylic acids is 1. The monoisotopic (exact) mass is 1090 g/mol. The van der Waals surface area contributed by atoms with Crippen molar-refractivity contribution in [1.82, 2.24) is 5.32 Å². The third-order valence-corrected chi connectivity index (χ3v) is 16.0. The first-order chi connectivity index (χ1) is 37.0. The molecule has 8 nitrogen and oxygen atoms in total. The third-order valence-electron chi connectivity index (χ3n) is 15.0. The summed E-state index contributed by atoms with van der Waals surface area (Å²) in [4.78, 5) is 25.6. The molecule has 0 spiro atoms. The molecule has 0 aromatic heterocycles. The predicted octanol–water partition coefficient (Wildman–Crippen LogP) is 20.0. The fourth-order valence-corrected chi connectivity index (χ4v) is 10.6. The van der Waals surface area contributed by atoms with E-state index in [1.165, 1.54) is 257 Å². The smallest absolute Gasteiger partial charge is 0.268 e. The Bertz CT molecular complexity index is 1380. The van der Waals surface area contributed by atoms with E-state index in [0.29, 0.717) is 17.4 Å². The minimum atomic E-state index is -4.61. The Hall–Kier alpha value is -1.54. The Kier molecular flexibility index (Phi) is 56.9. The minimum Gasteiger partial charge on any atom is -0.756 e. The molecule has 0 aliphatic carbocycles. The van der Waals surface area contributed by atoms with Crippen molar-refractivity contribution in [3.63, 3.8) is 0 Å². The molecule has 0 aromatic rings.